The molecule has 3 heterocycles. The highest BCUT2D eigenvalue weighted by molar-refractivity contribution is 5.84. The van der Waals surface area contributed by atoms with Gasteiger partial charge in [0.15, 0.2) is 0 Å². The summed E-state index contributed by atoms with van der Waals surface area (Å²) in [7, 11) is 1.96. The third-order valence-electron chi connectivity index (χ3n) is 6.44. The summed E-state index contributed by atoms with van der Waals surface area (Å²) in [6, 6.07) is 0.541. The average Bonchev–Trinajstić information content (AvgIpc) is 3.30. The molecule has 2 saturated heterocycles. The minimum atomic E-state index is -0.0736. The van der Waals surface area contributed by atoms with Crippen molar-refractivity contribution in [3.8, 4) is 0 Å². The van der Waals surface area contributed by atoms with Crippen LogP contribution in [0, 0.1) is 5.41 Å². The van der Waals surface area contributed by atoms with E-state index in [1.165, 1.54) is 37.7 Å². The molecule has 5 nitrogen and oxygen atoms in total. The summed E-state index contributed by atoms with van der Waals surface area (Å²) in [4.78, 5) is 18.0. The van der Waals surface area contributed by atoms with E-state index in [1.54, 1.807) is 0 Å². The topological polar surface area (TPSA) is 41.4 Å². The summed E-state index contributed by atoms with van der Waals surface area (Å²) in [5.74, 6) is 0.476. The van der Waals surface area contributed by atoms with Crippen molar-refractivity contribution < 1.29 is 4.79 Å². The molecule has 3 fully saturated rings. The minimum absolute atomic E-state index is 0.0736. The quantitative estimate of drug-likeness (QED) is 0.850. The molecule has 0 radical (unpaired) electrons. The van der Waals surface area contributed by atoms with Gasteiger partial charge < -0.3 is 9.80 Å². The van der Waals surface area contributed by atoms with Crippen molar-refractivity contribution >= 4 is 5.91 Å². The van der Waals surface area contributed by atoms with Gasteiger partial charge >= 0.3 is 0 Å². The molecule has 3 aliphatic rings. The summed E-state index contributed by atoms with van der Waals surface area (Å²) >= 11 is 0. The van der Waals surface area contributed by atoms with Crippen LogP contribution in [0.5, 0.6) is 0 Å². The zero-order valence-corrected chi connectivity index (χ0v) is 14.9. The SMILES string of the molecule is Cn1cc(CCN2CC[C@@]3(CCCN(C4CCCC4)C3=O)C2)cn1. The van der Waals surface area contributed by atoms with E-state index in [1.807, 2.05) is 17.9 Å². The van der Waals surface area contributed by atoms with Gasteiger partial charge in [-0.25, -0.2) is 0 Å². The van der Waals surface area contributed by atoms with Crippen LogP contribution in [0.25, 0.3) is 0 Å². The van der Waals surface area contributed by atoms with Gasteiger partial charge in [0.05, 0.1) is 11.6 Å². The van der Waals surface area contributed by atoms with Crippen molar-refractivity contribution in [2.75, 3.05) is 26.2 Å². The normalized spacial score (nSPS) is 29.2. The summed E-state index contributed by atoms with van der Waals surface area (Å²) < 4.78 is 1.87. The zero-order chi connectivity index (χ0) is 16.6. The molecule has 1 saturated carbocycles. The van der Waals surface area contributed by atoms with Gasteiger partial charge in [-0.05, 0) is 50.6 Å². The molecule has 24 heavy (non-hydrogen) atoms. The molecule has 2 aliphatic heterocycles. The number of aromatic nitrogens is 2. The highest BCUT2D eigenvalue weighted by atomic mass is 16.2. The number of carbonyl (C=O) groups excluding carboxylic acids is 1. The van der Waals surface area contributed by atoms with E-state index in [2.05, 4.69) is 21.1 Å². The number of amides is 1. The van der Waals surface area contributed by atoms with Crippen molar-refractivity contribution in [2.24, 2.45) is 12.5 Å². The van der Waals surface area contributed by atoms with Crippen molar-refractivity contribution in [1.82, 2.24) is 19.6 Å². The molecule has 1 amide bonds. The Hall–Kier alpha value is -1.36. The van der Waals surface area contributed by atoms with Gasteiger partial charge in [-0.15, -0.1) is 0 Å². The smallest absolute Gasteiger partial charge is 0.230 e. The van der Waals surface area contributed by atoms with Gasteiger partial charge in [0, 0.05) is 38.9 Å². The Bertz CT molecular complexity index is 592. The average molecular weight is 330 g/mol. The molecule has 0 N–H and O–H groups in total. The lowest BCUT2D eigenvalue weighted by atomic mass is 9.77. The molecule has 1 atom stereocenters. The van der Waals surface area contributed by atoms with Gasteiger partial charge in [-0.1, -0.05) is 12.8 Å². The van der Waals surface area contributed by atoms with Crippen LogP contribution in [0.1, 0.15) is 50.5 Å². The van der Waals surface area contributed by atoms with E-state index in [0.29, 0.717) is 11.9 Å². The largest absolute Gasteiger partial charge is 0.339 e. The molecule has 1 aliphatic carbocycles. The molecule has 1 aromatic rings. The van der Waals surface area contributed by atoms with Crippen molar-refractivity contribution in [3.63, 3.8) is 0 Å². The van der Waals surface area contributed by atoms with E-state index in [4.69, 9.17) is 0 Å². The molecule has 0 unspecified atom stereocenters. The lowest BCUT2D eigenvalue weighted by Gasteiger charge is -2.42. The van der Waals surface area contributed by atoms with E-state index < -0.39 is 0 Å². The van der Waals surface area contributed by atoms with Crippen LogP contribution in [0.4, 0.5) is 0 Å². The van der Waals surface area contributed by atoms with E-state index in [9.17, 15) is 4.79 Å². The predicted molar refractivity (Wildman–Crippen MR) is 93.6 cm³/mol. The van der Waals surface area contributed by atoms with E-state index in [-0.39, 0.29) is 5.41 Å². The maximum Gasteiger partial charge on any atom is 0.230 e. The first-order chi connectivity index (χ1) is 11.7. The predicted octanol–water partition coefficient (Wildman–Crippen LogP) is 2.22. The number of hydrogen-bond acceptors (Lipinski definition) is 3. The Morgan fingerprint density at radius 1 is 1.21 bits per heavy atom. The number of hydrogen-bond donors (Lipinski definition) is 0. The van der Waals surface area contributed by atoms with E-state index >= 15 is 0 Å². The summed E-state index contributed by atoms with van der Waals surface area (Å²) in [5.41, 5.74) is 1.22. The number of aryl methyl sites for hydroxylation is 1. The number of nitrogens with zero attached hydrogens (tertiary/aromatic N) is 4. The number of piperidine rings is 1. The van der Waals surface area contributed by atoms with Crippen LogP contribution >= 0.6 is 0 Å². The number of carbonyl (C=O) groups is 1. The van der Waals surface area contributed by atoms with Gasteiger partial charge in [0.25, 0.3) is 0 Å². The molecule has 1 aromatic heterocycles. The Balaban J connectivity index is 1.37. The third kappa shape index (κ3) is 2.99. The lowest BCUT2D eigenvalue weighted by Crippen LogP contribution is -2.53. The van der Waals surface area contributed by atoms with Crippen LogP contribution in [-0.4, -0.2) is 57.7 Å². The van der Waals surface area contributed by atoms with Gasteiger partial charge in [0.2, 0.25) is 5.91 Å². The summed E-state index contributed by atoms with van der Waals surface area (Å²) in [6.45, 7) is 4.09. The minimum Gasteiger partial charge on any atom is -0.339 e. The van der Waals surface area contributed by atoms with Crippen LogP contribution < -0.4 is 0 Å². The Morgan fingerprint density at radius 3 is 2.79 bits per heavy atom. The second-order valence-electron chi connectivity index (χ2n) is 8.12. The molecule has 4 rings (SSSR count). The molecule has 132 valence electrons. The zero-order valence-electron chi connectivity index (χ0n) is 14.9. The van der Waals surface area contributed by atoms with Crippen LogP contribution in [-0.2, 0) is 18.3 Å². The molecule has 5 heteroatoms. The highest BCUT2D eigenvalue weighted by Crippen LogP contribution is 2.42. The Kier molecular flexibility index (Phi) is 4.37. The number of rotatable bonds is 4. The monoisotopic (exact) mass is 330 g/mol. The molecular weight excluding hydrogens is 300 g/mol. The van der Waals surface area contributed by atoms with Crippen molar-refractivity contribution in [3.05, 3.63) is 18.0 Å². The fourth-order valence-electron chi connectivity index (χ4n) is 5.08. The van der Waals surface area contributed by atoms with Gasteiger partial charge in [0.1, 0.15) is 0 Å². The second-order valence-corrected chi connectivity index (χ2v) is 8.12. The summed E-state index contributed by atoms with van der Waals surface area (Å²) in [6.07, 6.45) is 13.5. The number of likely N-dealkylation sites (tertiary alicyclic amines) is 2. The fraction of sp³-hybridized carbons (Fsp3) is 0.789. The summed E-state index contributed by atoms with van der Waals surface area (Å²) in [5, 5.41) is 4.25. The lowest BCUT2D eigenvalue weighted by molar-refractivity contribution is -0.148. The molecule has 0 aromatic carbocycles. The van der Waals surface area contributed by atoms with Crippen LogP contribution in [0.15, 0.2) is 12.4 Å². The van der Waals surface area contributed by atoms with Gasteiger partial charge in [-0.3, -0.25) is 9.48 Å². The Morgan fingerprint density at radius 2 is 2.04 bits per heavy atom. The first-order valence-corrected chi connectivity index (χ1v) is 9.67. The molecule has 0 bridgehead atoms. The maximum atomic E-state index is 13.2. The third-order valence-corrected chi connectivity index (χ3v) is 6.44. The van der Waals surface area contributed by atoms with Crippen LogP contribution in [0.3, 0.4) is 0 Å². The van der Waals surface area contributed by atoms with Gasteiger partial charge in [-0.2, -0.15) is 5.10 Å². The highest BCUT2D eigenvalue weighted by Gasteiger charge is 2.49. The molecule has 1 spiro atoms. The Labute approximate surface area is 145 Å². The first kappa shape index (κ1) is 16.1. The van der Waals surface area contributed by atoms with Crippen LogP contribution in [0.2, 0.25) is 0 Å². The van der Waals surface area contributed by atoms with E-state index in [0.717, 1.165) is 45.4 Å². The van der Waals surface area contributed by atoms with Crippen molar-refractivity contribution in [1.29, 1.82) is 0 Å². The molecular formula is C19H30N4O. The van der Waals surface area contributed by atoms with Crippen molar-refractivity contribution in [2.45, 2.75) is 57.4 Å². The maximum absolute atomic E-state index is 13.2. The fourth-order valence-corrected chi connectivity index (χ4v) is 5.08. The second kappa shape index (κ2) is 6.51. The first-order valence-electron chi connectivity index (χ1n) is 9.67. The standard InChI is InChI=1S/C19H30N4O/c1-21-14-16(13-20-21)7-11-22-12-9-19(15-22)8-4-10-23(18(19)24)17-5-2-3-6-17/h13-14,17H,2-12,15H2,1H3/t19-/m0/s1.